The van der Waals surface area contributed by atoms with Gasteiger partial charge in [-0.25, -0.2) is 13.1 Å². The second kappa shape index (κ2) is 6.66. The minimum absolute atomic E-state index is 0.0317. The van der Waals surface area contributed by atoms with E-state index in [1.165, 1.54) is 0 Å². The average molecular weight is 325 g/mol. The second-order valence-corrected chi connectivity index (χ2v) is 7.80. The number of hydrogen-bond donors (Lipinski definition) is 1. The van der Waals surface area contributed by atoms with Gasteiger partial charge in [-0.05, 0) is 25.0 Å². The van der Waals surface area contributed by atoms with Crippen LogP contribution in [0.5, 0.6) is 0 Å². The lowest BCUT2D eigenvalue weighted by atomic mass is 10.1. The Morgan fingerprint density at radius 2 is 1.91 bits per heavy atom. The number of fused-ring (bicyclic) bond motifs is 1. The molecule has 0 aromatic heterocycles. The van der Waals surface area contributed by atoms with Crippen molar-refractivity contribution in [2.45, 2.75) is 13.8 Å². The lowest BCUT2D eigenvalue weighted by Gasteiger charge is -2.24. The number of hydrogen-bond acceptors (Lipinski definition) is 4. The van der Waals surface area contributed by atoms with Crippen LogP contribution in [-0.2, 0) is 14.8 Å². The molecule has 0 radical (unpaired) electrons. The molecule has 1 N–H and O–H groups in total. The van der Waals surface area contributed by atoms with Crippen molar-refractivity contribution in [1.29, 1.82) is 0 Å². The van der Waals surface area contributed by atoms with Gasteiger partial charge in [0.25, 0.3) is 0 Å². The lowest BCUT2D eigenvalue weighted by Crippen LogP contribution is -2.42. The molecule has 1 unspecified atom stereocenters. The fraction of sp³-hybridized carbons (Fsp3) is 0.533. The van der Waals surface area contributed by atoms with Gasteiger partial charge in [0.1, 0.15) is 0 Å². The highest BCUT2D eigenvalue weighted by Crippen LogP contribution is 2.32. The summed E-state index contributed by atoms with van der Waals surface area (Å²) in [4.78, 5) is 16.3. The molecule has 1 aromatic carbocycles. The van der Waals surface area contributed by atoms with E-state index < -0.39 is 10.0 Å². The zero-order chi connectivity index (χ0) is 16.3. The van der Waals surface area contributed by atoms with E-state index >= 15 is 0 Å². The molecule has 2 rings (SSSR count). The zero-order valence-electron chi connectivity index (χ0n) is 13.2. The van der Waals surface area contributed by atoms with E-state index in [-0.39, 0.29) is 18.2 Å². The van der Waals surface area contributed by atoms with E-state index in [0.29, 0.717) is 12.5 Å². The number of carbonyl (C=O) groups excluding carboxylic acids is 1. The fourth-order valence-corrected chi connectivity index (χ4v) is 3.20. The molecular formula is C15H23N3O3S. The molecule has 1 amide bonds. The maximum absolute atomic E-state index is 12.5. The van der Waals surface area contributed by atoms with Gasteiger partial charge in [0.2, 0.25) is 15.9 Å². The van der Waals surface area contributed by atoms with E-state index in [9.17, 15) is 13.2 Å². The maximum Gasteiger partial charge on any atom is 0.242 e. The van der Waals surface area contributed by atoms with Gasteiger partial charge in [-0.1, -0.05) is 19.1 Å². The van der Waals surface area contributed by atoms with Gasteiger partial charge in [0.05, 0.1) is 23.7 Å². The van der Waals surface area contributed by atoms with Crippen molar-refractivity contribution in [2.24, 2.45) is 5.92 Å². The predicted octanol–water partition coefficient (Wildman–Crippen LogP) is 1.04. The molecule has 0 saturated heterocycles. The molecular weight excluding hydrogens is 302 g/mol. The molecule has 1 aliphatic rings. The third kappa shape index (κ3) is 3.78. The minimum atomic E-state index is -3.37. The Hall–Kier alpha value is -1.60. The van der Waals surface area contributed by atoms with Crippen LogP contribution in [0, 0.1) is 5.92 Å². The largest absolute Gasteiger partial charge is 0.373 e. The van der Waals surface area contributed by atoms with Crippen molar-refractivity contribution < 1.29 is 13.2 Å². The minimum Gasteiger partial charge on any atom is -0.373 e. The topological polar surface area (TPSA) is 69.7 Å². The molecule has 7 heteroatoms. The highest BCUT2D eigenvalue weighted by molar-refractivity contribution is 7.89. The summed E-state index contributed by atoms with van der Waals surface area (Å²) < 4.78 is 25.4. The summed E-state index contributed by atoms with van der Waals surface area (Å²) in [5, 5.41) is 0. The van der Waals surface area contributed by atoms with Crippen molar-refractivity contribution in [1.82, 2.24) is 4.72 Å². The number of anilines is 2. The van der Waals surface area contributed by atoms with Crippen molar-refractivity contribution in [3.8, 4) is 0 Å². The molecule has 0 spiro atoms. The van der Waals surface area contributed by atoms with E-state index in [4.69, 9.17) is 0 Å². The SMILES string of the molecule is CCS(=O)(=O)NCC(=O)N1CC(C)CN(C)c2ccccc21. The average Bonchev–Trinajstić information content (AvgIpc) is 2.62. The summed E-state index contributed by atoms with van der Waals surface area (Å²) in [7, 11) is -1.37. The van der Waals surface area contributed by atoms with Gasteiger partial charge >= 0.3 is 0 Å². The number of nitrogens with zero attached hydrogens (tertiary/aromatic N) is 2. The highest BCUT2D eigenvalue weighted by Gasteiger charge is 2.26. The van der Waals surface area contributed by atoms with Crippen LogP contribution in [0.15, 0.2) is 24.3 Å². The van der Waals surface area contributed by atoms with Crippen LogP contribution in [0.3, 0.4) is 0 Å². The molecule has 0 aliphatic carbocycles. The van der Waals surface area contributed by atoms with Crippen LogP contribution in [0.1, 0.15) is 13.8 Å². The first-order valence-electron chi connectivity index (χ1n) is 7.42. The molecule has 1 aromatic rings. The molecule has 0 fully saturated rings. The van der Waals surface area contributed by atoms with Crippen LogP contribution in [0.4, 0.5) is 11.4 Å². The number of benzene rings is 1. The van der Waals surface area contributed by atoms with E-state index in [1.807, 2.05) is 31.3 Å². The summed E-state index contributed by atoms with van der Waals surface area (Å²) in [6.07, 6.45) is 0. The van der Waals surface area contributed by atoms with Crippen LogP contribution in [0.2, 0.25) is 0 Å². The van der Waals surface area contributed by atoms with Gasteiger partial charge in [-0.3, -0.25) is 4.79 Å². The third-order valence-corrected chi connectivity index (χ3v) is 5.13. The van der Waals surface area contributed by atoms with Crippen LogP contribution >= 0.6 is 0 Å². The van der Waals surface area contributed by atoms with Crippen molar-refractivity contribution in [2.75, 3.05) is 42.2 Å². The molecule has 1 heterocycles. The second-order valence-electron chi connectivity index (χ2n) is 5.70. The van der Waals surface area contributed by atoms with Crippen molar-refractivity contribution >= 4 is 27.3 Å². The maximum atomic E-state index is 12.5. The Bertz CT molecular complexity index is 645. The van der Waals surface area contributed by atoms with E-state index in [2.05, 4.69) is 16.5 Å². The number of amides is 1. The first-order valence-corrected chi connectivity index (χ1v) is 9.07. The summed E-state index contributed by atoms with van der Waals surface area (Å²) >= 11 is 0. The van der Waals surface area contributed by atoms with Crippen molar-refractivity contribution in [3.05, 3.63) is 24.3 Å². The van der Waals surface area contributed by atoms with Crippen molar-refractivity contribution in [3.63, 3.8) is 0 Å². The smallest absolute Gasteiger partial charge is 0.242 e. The lowest BCUT2D eigenvalue weighted by molar-refractivity contribution is -0.117. The quantitative estimate of drug-likeness (QED) is 0.898. The fourth-order valence-electron chi connectivity index (χ4n) is 2.65. The number of para-hydroxylation sites is 2. The predicted molar refractivity (Wildman–Crippen MR) is 88.7 cm³/mol. The molecule has 122 valence electrons. The van der Waals surface area contributed by atoms with Crippen LogP contribution in [-0.4, -0.2) is 46.8 Å². The number of carbonyl (C=O) groups is 1. The Labute approximate surface area is 132 Å². The highest BCUT2D eigenvalue weighted by atomic mass is 32.2. The summed E-state index contributed by atoms with van der Waals surface area (Å²) in [6, 6.07) is 7.70. The standard InChI is InChI=1S/C15H23N3O3S/c1-4-22(20,21)16-9-15(19)18-11-12(2)10-17(3)13-7-5-6-8-14(13)18/h5-8,12,16H,4,9-11H2,1-3H3. The van der Waals surface area contributed by atoms with E-state index in [0.717, 1.165) is 17.9 Å². The molecule has 1 atom stereocenters. The van der Waals surface area contributed by atoms with Gasteiger partial charge in [-0.2, -0.15) is 0 Å². The number of sulfonamides is 1. The number of nitrogens with one attached hydrogen (secondary N) is 1. The Morgan fingerprint density at radius 1 is 1.27 bits per heavy atom. The molecule has 0 bridgehead atoms. The number of rotatable bonds is 4. The van der Waals surface area contributed by atoms with Crippen LogP contribution < -0.4 is 14.5 Å². The molecule has 0 saturated carbocycles. The zero-order valence-corrected chi connectivity index (χ0v) is 14.1. The van der Waals surface area contributed by atoms with Gasteiger partial charge in [0.15, 0.2) is 0 Å². The first-order chi connectivity index (χ1) is 10.3. The monoisotopic (exact) mass is 325 g/mol. The molecule has 22 heavy (non-hydrogen) atoms. The van der Waals surface area contributed by atoms with Crippen LogP contribution in [0.25, 0.3) is 0 Å². The van der Waals surface area contributed by atoms with Gasteiger partial charge in [0, 0.05) is 20.1 Å². The normalized spacial score (nSPS) is 18.8. The molecule has 1 aliphatic heterocycles. The molecule has 6 nitrogen and oxygen atoms in total. The Morgan fingerprint density at radius 3 is 2.55 bits per heavy atom. The summed E-state index contributed by atoms with van der Waals surface area (Å²) in [6.45, 7) is 4.85. The summed E-state index contributed by atoms with van der Waals surface area (Å²) in [5.74, 6) is 0.0338. The Balaban J connectivity index is 2.25. The summed E-state index contributed by atoms with van der Waals surface area (Å²) in [5.41, 5.74) is 1.81. The van der Waals surface area contributed by atoms with Gasteiger partial charge in [-0.15, -0.1) is 0 Å². The first kappa shape index (κ1) is 16.8. The van der Waals surface area contributed by atoms with E-state index in [1.54, 1.807) is 11.8 Å². The van der Waals surface area contributed by atoms with Gasteiger partial charge < -0.3 is 9.80 Å². The Kier molecular flexibility index (Phi) is 5.08. The third-order valence-electron chi connectivity index (χ3n) is 3.79.